The van der Waals surface area contributed by atoms with Crippen LogP contribution in [-0.2, 0) is 9.59 Å². The number of rotatable bonds is 5. The number of anilines is 1. The zero-order valence-corrected chi connectivity index (χ0v) is 16.0. The lowest BCUT2D eigenvalue weighted by Gasteiger charge is -2.13. The normalized spacial score (nSPS) is 14.0. The second kappa shape index (κ2) is 7.15. The summed E-state index contributed by atoms with van der Waals surface area (Å²) in [4.78, 5) is 26.5. The van der Waals surface area contributed by atoms with E-state index in [0.717, 1.165) is 21.7 Å². The standard InChI is InChI=1S/C21H22N2O4/c1-12-6-8-15(13(2)10-12)22-19-18(20(24)23(3)21(19)25)14-7-9-16(26-4)17(11-14)27-5/h6-11,22H,1-5H3. The summed E-state index contributed by atoms with van der Waals surface area (Å²) in [6, 6.07) is 11.0. The Balaban J connectivity index is 2.12. The number of methoxy groups -OCH3 is 2. The third-order valence-electron chi connectivity index (χ3n) is 4.60. The van der Waals surface area contributed by atoms with Gasteiger partial charge in [-0.3, -0.25) is 14.5 Å². The highest BCUT2D eigenvalue weighted by Crippen LogP contribution is 2.35. The van der Waals surface area contributed by atoms with Crippen LogP contribution in [0.3, 0.4) is 0 Å². The molecule has 2 aromatic carbocycles. The second-order valence-corrected chi connectivity index (χ2v) is 6.43. The average molecular weight is 366 g/mol. The maximum Gasteiger partial charge on any atom is 0.277 e. The zero-order valence-electron chi connectivity index (χ0n) is 16.0. The number of amides is 2. The van der Waals surface area contributed by atoms with Crippen LogP contribution in [0.15, 0.2) is 42.1 Å². The highest BCUT2D eigenvalue weighted by Gasteiger charge is 2.37. The Labute approximate surface area is 158 Å². The van der Waals surface area contributed by atoms with E-state index in [4.69, 9.17) is 9.47 Å². The molecule has 140 valence electrons. The van der Waals surface area contributed by atoms with Crippen LogP contribution in [0.1, 0.15) is 16.7 Å². The molecule has 0 fully saturated rings. The first-order chi connectivity index (χ1) is 12.9. The highest BCUT2D eigenvalue weighted by molar-refractivity contribution is 6.36. The number of ether oxygens (including phenoxy) is 2. The van der Waals surface area contributed by atoms with Gasteiger partial charge < -0.3 is 14.8 Å². The van der Waals surface area contributed by atoms with Gasteiger partial charge in [0.05, 0.1) is 19.8 Å². The molecular weight excluding hydrogens is 344 g/mol. The lowest BCUT2D eigenvalue weighted by molar-refractivity contribution is -0.135. The number of hydrogen-bond acceptors (Lipinski definition) is 5. The van der Waals surface area contributed by atoms with Crippen LogP contribution in [0.4, 0.5) is 5.69 Å². The van der Waals surface area contributed by atoms with Crippen molar-refractivity contribution in [2.45, 2.75) is 13.8 Å². The van der Waals surface area contributed by atoms with E-state index < -0.39 is 0 Å². The summed E-state index contributed by atoms with van der Waals surface area (Å²) in [5.41, 5.74) is 4.04. The number of benzene rings is 2. The van der Waals surface area contributed by atoms with E-state index in [9.17, 15) is 9.59 Å². The van der Waals surface area contributed by atoms with Crippen LogP contribution < -0.4 is 14.8 Å². The van der Waals surface area contributed by atoms with E-state index in [0.29, 0.717) is 22.6 Å². The number of imide groups is 1. The topological polar surface area (TPSA) is 67.9 Å². The molecule has 2 amide bonds. The number of carbonyl (C=O) groups is 2. The van der Waals surface area contributed by atoms with Crippen molar-refractivity contribution in [2.75, 3.05) is 26.6 Å². The maximum absolute atomic E-state index is 12.7. The second-order valence-electron chi connectivity index (χ2n) is 6.43. The molecule has 0 unspecified atom stereocenters. The van der Waals surface area contributed by atoms with Crippen molar-refractivity contribution in [2.24, 2.45) is 0 Å². The quantitative estimate of drug-likeness (QED) is 0.824. The Morgan fingerprint density at radius 2 is 1.59 bits per heavy atom. The number of nitrogens with zero attached hydrogens (tertiary/aromatic N) is 1. The monoisotopic (exact) mass is 366 g/mol. The summed E-state index contributed by atoms with van der Waals surface area (Å²) in [6.45, 7) is 3.96. The van der Waals surface area contributed by atoms with Crippen molar-refractivity contribution < 1.29 is 19.1 Å². The van der Waals surface area contributed by atoms with Gasteiger partial charge in [-0.05, 0) is 43.2 Å². The van der Waals surface area contributed by atoms with Gasteiger partial charge in [-0.1, -0.05) is 23.8 Å². The molecule has 0 bridgehead atoms. The molecular formula is C21H22N2O4. The first-order valence-electron chi connectivity index (χ1n) is 8.50. The number of hydrogen-bond donors (Lipinski definition) is 1. The third kappa shape index (κ3) is 3.26. The van der Waals surface area contributed by atoms with E-state index in [1.807, 2.05) is 32.0 Å². The molecule has 1 aliphatic rings. The fraction of sp³-hybridized carbons (Fsp3) is 0.238. The molecule has 3 rings (SSSR count). The molecule has 0 spiro atoms. The summed E-state index contributed by atoms with van der Waals surface area (Å²) in [6.07, 6.45) is 0. The van der Waals surface area contributed by atoms with Gasteiger partial charge in [-0.15, -0.1) is 0 Å². The Bertz CT molecular complexity index is 963. The van der Waals surface area contributed by atoms with Crippen molar-refractivity contribution in [3.05, 3.63) is 58.8 Å². The predicted octanol–water partition coefficient (Wildman–Crippen LogP) is 3.14. The van der Waals surface area contributed by atoms with Crippen molar-refractivity contribution in [3.8, 4) is 11.5 Å². The Kier molecular flexibility index (Phi) is 4.90. The average Bonchev–Trinajstić information content (AvgIpc) is 2.87. The van der Waals surface area contributed by atoms with Gasteiger partial charge in [0.15, 0.2) is 11.5 Å². The number of carbonyl (C=O) groups excluding carboxylic acids is 2. The molecule has 6 nitrogen and oxygen atoms in total. The lowest BCUT2D eigenvalue weighted by Crippen LogP contribution is -2.28. The van der Waals surface area contributed by atoms with E-state index in [1.54, 1.807) is 25.3 Å². The largest absolute Gasteiger partial charge is 0.493 e. The Morgan fingerprint density at radius 3 is 2.22 bits per heavy atom. The molecule has 0 radical (unpaired) electrons. The van der Waals surface area contributed by atoms with E-state index in [2.05, 4.69) is 5.32 Å². The van der Waals surface area contributed by atoms with Crippen LogP contribution in [0.5, 0.6) is 11.5 Å². The summed E-state index contributed by atoms with van der Waals surface area (Å²) in [5.74, 6) is 0.309. The predicted molar refractivity (Wildman–Crippen MR) is 104 cm³/mol. The summed E-state index contributed by atoms with van der Waals surface area (Å²) in [7, 11) is 4.54. The molecule has 0 saturated carbocycles. The third-order valence-corrected chi connectivity index (χ3v) is 4.60. The lowest BCUT2D eigenvalue weighted by atomic mass is 10.0. The van der Waals surface area contributed by atoms with Gasteiger partial charge in [0.2, 0.25) is 0 Å². The van der Waals surface area contributed by atoms with Crippen molar-refractivity contribution in [1.29, 1.82) is 0 Å². The van der Waals surface area contributed by atoms with Crippen LogP contribution in [0, 0.1) is 13.8 Å². The molecule has 0 saturated heterocycles. The summed E-state index contributed by atoms with van der Waals surface area (Å²) < 4.78 is 10.6. The van der Waals surface area contributed by atoms with Gasteiger partial charge in [0.1, 0.15) is 5.70 Å². The smallest absolute Gasteiger partial charge is 0.277 e. The number of aryl methyl sites for hydroxylation is 2. The fourth-order valence-electron chi connectivity index (χ4n) is 3.11. The summed E-state index contributed by atoms with van der Waals surface area (Å²) in [5, 5.41) is 3.16. The first kappa shape index (κ1) is 18.5. The molecule has 1 N–H and O–H groups in total. The minimum absolute atomic E-state index is 0.252. The maximum atomic E-state index is 12.7. The van der Waals surface area contributed by atoms with Crippen LogP contribution in [0.25, 0.3) is 5.57 Å². The first-order valence-corrected chi connectivity index (χ1v) is 8.50. The Morgan fingerprint density at radius 1 is 0.889 bits per heavy atom. The molecule has 6 heteroatoms. The van der Waals surface area contributed by atoms with Crippen LogP contribution >= 0.6 is 0 Å². The van der Waals surface area contributed by atoms with Gasteiger partial charge in [-0.2, -0.15) is 0 Å². The highest BCUT2D eigenvalue weighted by atomic mass is 16.5. The minimum Gasteiger partial charge on any atom is -0.493 e. The molecule has 27 heavy (non-hydrogen) atoms. The van der Waals surface area contributed by atoms with Gasteiger partial charge in [0.25, 0.3) is 11.8 Å². The molecule has 0 atom stereocenters. The summed E-state index contributed by atoms with van der Waals surface area (Å²) >= 11 is 0. The van der Waals surface area contributed by atoms with Crippen molar-refractivity contribution >= 4 is 23.1 Å². The molecule has 2 aromatic rings. The Hall–Kier alpha value is -3.28. The van der Waals surface area contributed by atoms with E-state index in [1.165, 1.54) is 14.2 Å². The van der Waals surface area contributed by atoms with E-state index in [-0.39, 0.29) is 17.5 Å². The molecule has 0 aliphatic carbocycles. The van der Waals surface area contributed by atoms with Gasteiger partial charge in [-0.25, -0.2) is 0 Å². The SMILES string of the molecule is COc1ccc(C2=C(Nc3ccc(C)cc3C)C(=O)N(C)C2=O)cc1OC. The number of nitrogens with one attached hydrogen (secondary N) is 1. The van der Waals surface area contributed by atoms with Crippen molar-refractivity contribution in [3.63, 3.8) is 0 Å². The zero-order chi connectivity index (χ0) is 19.7. The van der Waals surface area contributed by atoms with Crippen LogP contribution in [-0.4, -0.2) is 38.0 Å². The fourth-order valence-corrected chi connectivity index (χ4v) is 3.11. The molecule has 1 heterocycles. The minimum atomic E-state index is -0.371. The van der Waals surface area contributed by atoms with E-state index >= 15 is 0 Å². The van der Waals surface area contributed by atoms with Crippen molar-refractivity contribution in [1.82, 2.24) is 4.90 Å². The van der Waals surface area contributed by atoms with Gasteiger partial charge in [0, 0.05) is 12.7 Å². The van der Waals surface area contributed by atoms with Crippen LogP contribution in [0.2, 0.25) is 0 Å². The van der Waals surface area contributed by atoms with Gasteiger partial charge >= 0.3 is 0 Å². The molecule has 1 aliphatic heterocycles. The molecule has 0 aromatic heterocycles. The number of likely N-dealkylation sites (N-methyl/N-ethyl adjacent to an activating group) is 1.